The molecule has 0 aliphatic heterocycles. The van der Waals surface area contributed by atoms with Crippen LogP contribution in [0, 0.1) is 0 Å². The van der Waals surface area contributed by atoms with Crippen LogP contribution in [0.5, 0.6) is 0 Å². The third-order valence-electron chi connectivity index (χ3n) is 5.84. The maximum Gasteiger partial charge on any atom is 0.491 e. The van der Waals surface area contributed by atoms with Crippen molar-refractivity contribution in [2.24, 2.45) is 0 Å². The number of benzene rings is 1. The summed E-state index contributed by atoms with van der Waals surface area (Å²) in [7, 11) is 0. The largest absolute Gasteiger partial charge is 0.491 e. The molecule has 1 amide bonds. The summed E-state index contributed by atoms with van der Waals surface area (Å²) in [4.78, 5) is 50.3. The van der Waals surface area contributed by atoms with Gasteiger partial charge < -0.3 is 25.1 Å². The number of carbonyl (C=O) groups excluding carboxylic acids is 2. The van der Waals surface area contributed by atoms with Gasteiger partial charge in [-0.05, 0) is 37.1 Å². The number of esters is 1. The maximum absolute atomic E-state index is 13.6. The molecule has 4 aromatic rings. The Kier molecular flexibility index (Phi) is 9.34. The second kappa shape index (κ2) is 13.1. The van der Waals surface area contributed by atoms with Crippen molar-refractivity contribution in [3.05, 3.63) is 77.0 Å². The van der Waals surface area contributed by atoms with E-state index in [1.807, 2.05) is 6.92 Å². The summed E-state index contributed by atoms with van der Waals surface area (Å²) in [6, 6.07) is 13.2. The summed E-state index contributed by atoms with van der Waals surface area (Å²) < 4.78 is 50.5. The third kappa shape index (κ3) is 7.28. The summed E-state index contributed by atoms with van der Waals surface area (Å²) in [6.07, 6.45) is -4.45. The zero-order chi connectivity index (χ0) is 29.4. The summed E-state index contributed by atoms with van der Waals surface area (Å²) in [5.74, 6) is -4.05. The van der Waals surface area contributed by atoms with Crippen molar-refractivity contribution < 1.29 is 32.2 Å². The van der Waals surface area contributed by atoms with Crippen LogP contribution in [0.1, 0.15) is 25.3 Å². The Hall–Kier alpha value is -4.72. The van der Waals surface area contributed by atoms with E-state index >= 15 is 0 Å². The minimum absolute atomic E-state index is 0.0413. The Morgan fingerprint density at radius 1 is 1.12 bits per heavy atom. The van der Waals surface area contributed by atoms with Crippen molar-refractivity contribution in [1.29, 1.82) is 0 Å². The van der Waals surface area contributed by atoms with Crippen LogP contribution in [0.4, 0.5) is 19.0 Å². The minimum Gasteiger partial charge on any atom is -0.425 e. The lowest BCUT2D eigenvalue weighted by molar-refractivity contribution is -0.209. The predicted octanol–water partition coefficient (Wildman–Crippen LogP) is 3.55. The highest BCUT2D eigenvalue weighted by molar-refractivity contribution is 5.84. The van der Waals surface area contributed by atoms with Crippen molar-refractivity contribution in [3.63, 3.8) is 0 Å². The molecule has 0 saturated carbocycles. The predicted molar refractivity (Wildman–Crippen MR) is 143 cm³/mol. The van der Waals surface area contributed by atoms with Gasteiger partial charge >= 0.3 is 12.1 Å². The highest BCUT2D eigenvalue weighted by atomic mass is 19.4. The van der Waals surface area contributed by atoms with Gasteiger partial charge in [0, 0.05) is 31.6 Å². The SMILES string of the molecule is CCOCCCNc1ncc(-c2ccccc2)n(C(OC(=O)C(F)(F)F)C(=O)NCc2cc3ncccc3[nH]2)c1=O. The van der Waals surface area contributed by atoms with Crippen LogP contribution in [-0.4, -0.2) is 57.3 Å². The molecule has 14 heteroatoms. The van der Waals surface area contributed by atoms with Crippen LogP contribution in [-0.2, 0) is 25.6 Å². The normalized spacial score (nSPS) is 12.2. The Bertz CT molecular complexity index is 1520. The molecular weight excluding hydrogens is 545 g/mol. The van der Waals surface area contributed by atoms with Gasteiger partial charge in [0.25, 0.3) is 17.7 Å². The number of fused-ring (bicyclic) bond motifs is 1. The van der Waals surface area contributed by atoms with Crippen LogP contribution >= 0.6 is 0 Å². The number of hydrogen-bond acceptors (Lipinski definition) is 8. The van der Waals surface area contributed by atoms with Crippen LogP contribution in [0.3, 0.4) is 0 Å². The van der Waals surface area contributed by atoms with Gasteiger partial charge in [-0.2, -0.15) is 13.2 Å². The lowest BCUT2D eigenvalue weighted by atomic mass is 10.1. The molecule has 3 N–H and O–H groups in total. The van der Waals surface area contributed by atoms with E-state index < -0.39 is 29.8 Å². The van der Waals surface area contributed by atoms with E-state index in [1.54, 1.807) is 54.7 Å². The van der Waals surface area contributed by atoms with Gasteiger partial charge in [0.15, 0.2) is 5.82 Å². The average molecular weight is 573 g/mol. The first kappa shape index (κ1) is 29.3. The van der Waals surface area contributed by atoms with E-state index in [2.05, 4.69) is 30.3 Å². The number of H-pyrrole nitrogens is 1. The Labute approximate surface area is 231 Å². The van der Waals surface area contributed by atoms with Gasteiger partial charge in [-0.25, -0.2) is 9.78 Å². The first-order valence-corrected chi connectivity index (χ1v) is 12.7. The number of nitrogens with zero attached hydrogens (tertiary/aromatic N) is 3. The quantitative estimate of drug-likeness (QED) is 0.173. The molecule has 0 aliphatic rings. The second-order valence-corrected chi connectivity index (χ2v) is 8.71. The topological polar surface area (TPSA) is 140 Å². The van der Waals surface area contributed by atoms with E-state index in [9.17, 15) is 27.6 Å². The van der Waals surface area contributed by atoms with Gasteiger partial charge in [-0.15, -0.1) is 0 Å². The van der Waals surface area contributed by atoms with Crippen molar-refractivity contribution in [2.45, 2.75) is 32.3 Å². The molecule has 1 atom stereocenters. The molecule has 0 fully saturated rings. The second-order valence-electron chi connectivity index (χ2n) is 8.71. The monoisotopic (exact) mass is 572 g/mol. The number of alkyl halides is 3. The Balaban J connectivity index is 1.71. The number of aromatic amines is 1. The molecule has 1 unspecified atom stereocenters. The number of pyridine rings is 1. The molecule has 41 heavy (non-hydrogen) atoms. The van der Waals surface area contributed by atoms with Crippen LogP contribution in [0.15, 0.2) is 65.7 Å². The molecule has 11 nitrogen and oxygen atoms in total. The van der Waals surface area contributed by atoms with Crippen molar-refractivity contribution in [2.75, 3.05) is 25.1 Å². The fraction of sp³-hybridized carbons (Fsp3) is 0.296. The molecule has 0 bridgehead atoms. The van der Waals surface area contributed by atoms with Crippen molar-refractivity contribution >= 4 is 28.7 Å². The van der Waals surface area contributed by atoms with Crippen molar-refractivity contribution in [1.82, 2.24) is 24.8 Å². The molecule has 0 spiro atoms. The number of hydrogen-bond donors (Lipinski definition) is 3. The minimum atomic E-state index is -5.43. The molecule has 3 heterocycles. The van der Waals surface area contributed by atoms with Crippen molar-refractivity contribution in [3.8, 4) is 11.3 Å². The van der Waals surface area contributed by atoms with E-state index in [1.165, 1.54) is 6.20 Å². The number of amides is 1. The zero-order valence-electron chi connectivity index (χ0n) is 21.9. The van der Waals surface area contributed by atoms with E-state index in [0.29, 0.717) is 46.5 Å². The number of nitrogens with one attached hydrogen (secondary N) is 3. The molecular formula is C27H27F3N6O5. The molecule has 0 radical (unpaired) electrons. The number of carbonyl (C=O) groups is 2. The number of aromatic nitrogens is 4. The third-order valence-corrected chi connectivity index (χ3v) is 5.84. The highest BCUT2D eigenvalue weighted by Gasteiger charge is 2.44. The molecule has 0 saturated heterocycles. The number of halogens is 3. The molecule has 3 aromatic heterocycles. The average Bonchev–Trinajstić information content (AvgIpc) is 3.38. The molecule has 0 aliphatic carbocycles. The Morgan fingerprint density at radius 3 is 2.61 bits per heavy atom. The number of ether oxygens (including phenoxy) is 2. The summed E-state index contributed by atoms with van der Waals surface area (Å²) in [6.45, 7) is 2.81. The summed E-state index contributed by atoms with van der Waals surface area (Å²) in [5, 5.41) is 5.26. The van der Waals surface area contributed by atoms with Crippen LogP contribution < -0.4 is 16.2 Å². The highest BCUT2D eigenvalue weighted by Crippen LogP contribution is 2.25. The zero-order valence-corrected chi connectivity index (χ0v) is 21.9. The first-order chi connectivity index (χ1) is 19.7. The van der Waals surface area contributed by atoms with E-state index in [-0.39, 0.29) is 24.6 Å². The first-order valence-electron chi connectivity index (χ1n) is 12.7. The van der Waals surface area contributed by atoms with Gasteiger partial charge in [0.1, 0.15) is 0 Å². The fourth-order valence-electron chi connectivity index (χ4n) is 3.94. The van der Waals surface area contributed by atoms with Gasteiger partial charge in [-0.3, -0.25) is 19.1 Å². The van der Waals surface area contributed by atoms with E-state index in [0.717, 1.165) is 0 Å². The molecule has 1 aromatic carbocycles. The van der Waals surface area contributed by atoms with Crippen LogP contribution in [0.25, 0.3) is 22.3 Å². The smallest absolute Gasteiger partial charge is 0.425 e. The summed E-state index contributed by atoms with van der Waals surface area (Å²) >= 11 is 0. The fourth-order valence-corrected chi connectivity index (χ4v) is 3.94. The lowest BCUT2D eigenvalue weighted by Gasteiger charge is -2.23. The summed E-state index contributed by atoms with van der Waals surface area (Å²) in [5.41, 5.74) is 1.10. The van der Waals surface area contributed by atoms with Gasteiger partial charge in [-0.1, -0.05) is 30.3 Å². The molecule has 4 rings (SSSR count). The van der Waals surface area contributed by atoms with Crippen LogP contribution in [0.2, 0.25) is 0 Å². The number of anilines is 1. The van der Waals surface area contributed by atoms with Gasteiger partial charge in [0.2, 0.25) is 0 Å². The molecule has 216 valence electrons. The maximum atomic E-state index is 13.6. The van der Waals surface area contributed by atoms with Gasteiger partial charge in [0.05, 0.1) is 29.5 Å². The lowest BCUT2D eigenvalue weighted by Crippen LogP contribution is -2.43. The number of rotatable bonds is 12. The standard InChI is InChI=1S/C27H27F3N6O5/c1-2-40-13-7-12-32-22-24(38)36(21(16-33-22)17-8-4-3-5-9-17)25(41-26(39)27(28,29)30)23(37)34-15-18-14-20-19(35-18)10-6-11-31-20/h3-6,8-11,14,16,25,35H,2,7,12-13,15H2,1H3,(H,32,33)(H,34,37). The Morgan fingerprint density at radius 2 is 1.90 bits per heavy atom. The van der Waals surface area contributed by atoms with E-state index in [4.69, 9.17) is 4.74 Å².